The van der Waals surface area contributed by atoms with Crippen LogP contribution in [0.1, 0.15) is 35.4 Å². The lowest BCUT2D eigenvalue weighted by Crippen LogP contribution is -2.48. The molecule has 1 aliphatic heterocycles. The SMILES string of the molecule is NCC1CCCCN1C(=O)Cc1ccc(NC(=O)c2cc3ccccc3o2)cc1. The van der Waals surface area contributed by atoms with Crippen LogP contribution in [-0.4, -0.2) is 35.8 Å². The zero-order valence-electron chi connectivity index (χ0n) is 16.3. The number of piperidine rings is 1. The highest BCUT2D eigenvalue weighted by Gasteiger charge is 2.25. The number of anilines is 1. The fraction of sp³-hybridized carbons (Fsp3) is 0.304. The van der Waals surface area contributed by atoms with Crippen LogP contribution in [-0.2, 0) is 11.2 Å². The monoisotopic (exact) mass is 391 g/mol. The van der Waals surface area contributed by atoms with E-state index in [0.29, 0.717) is 24.2 Å². The lowest BCUT2D eigenvalue weighted by atomic mass is 10.0. The smallest absolute Gasteiger partial charge is 0.291 e. The molecule has 0 bridgehead atoms. The number of nitrogens with two attached hydrogens (primary N) is 1. The third-order valence-corrected chi connectivity index (χ3v) is 5.44. The van der Waals surface area contributed by atoms with Crippen molar-refractivity contribution in [3.8, 4) is 0 Å². The molecule has 0 radical (unpaired) electrons. The van der Waals surface area contributed by atoms with Crippen molar-refractivity contribution in [2.75, 3.05) is 18.4 Å². The zero-order chi connectivity index (χ0) is 20.2. The van der Waals surface area contributed by atoms with Crippen LogP contribution in [0.25, 0.3) is 11.0 Å². The van der Waals surface area contributed by atoms with Crippen molar-refractivity contribution in [1.82, 2.24) is 4.90 Å². The maximum Gasteiger partial charge on any atom is 0.291 e. The number of nitrogens with zero attached hydrogens (tertiary/aromatic N) is 1. The molecular formula is C23H25N3O3. The van der Waals surface area contributed by atoms with E-state index in [-0.39, 0.29) is 23.6 Å². The first-order valence-electron chi connectivity index (χ1n) is 10.0. The lowest BCUT2D eigenvalue weighted by Gasteiger charge is -2.35. The van der Waals surface area contributed by atoms with E-state index in [2.05, 4.69) is 5.32 Å². The molecule has 4 rings (SSSR count). The molecule has 0 aliphatic carbocycles. The number of para-hydroxylation sites is 1. The molecule has 2 heterocycles. The fourth-order valence-electron chi connectivity index (χ4n) is 3.84. The Balaban J connectivity index is 1.38. The molecule has 1 aromatic heterocycles. The minimum absolute atomic E-state index is 0.110. The third kappa shape index (κ3) is 4.32. The number of furan rings is 1. The van der Waals surface area contributed by atoms with E-state index in [9.17, 15) is 9.59 Å². The largest absolute Gasteiger partial charge is 0.451 e. The number of benzene rings is 2. The Labute approximate surface area is 169 Å². The molecule has 3 N–H and O–H groups in total. The van der Waals surface area contributed by atoms with Gasteiger partial charge in [-0.3, -0.25) is 9.59 Å². The number of hydrogen-bond donors (Lipinski definition) is 2. The van der Waals surface area contributed by atoms with E-state index in [0.717, 1.165) is 36.8 Å². The summed E-state index contributed by atoms with van der Waals surface area (Å²) in [4.78, 5) is 27.0. The van der Waals surface area contributed by atoms with Crippen molar-refractivity contribution >= 4 is 28.5 Å². The number of carbonyl (C=O) groups is 2. The summed E-state index contributed by atoms with van der Waals surface area (Å²) in [6.07, 6.45) is 3.49. The molecule has 6 heteroatoms. The molecule has 29 heavy (non-hydrogen) atoms. The first kappa shape index (κ1) is 19.2. The molecule has 0 spiro atoms. The maximum absolute atomic E-state index is 12.7. The Bertz CT molecular complexity index is 977. The van der Waals surface area contributed by atoms with Crippen molar-refractivity contribution in [2.45, 2.75) is 31.7 Å². The van der Waals surface area contributed by atoms with Gasteiger partial charge in [0.05, 0.1) is 6.42 Å². The average Bonchev–Trinajstić information content (AvgIpc) is 3.19. The highest BCUT2D eigenvalue weighted by Crippen LogP contribution is 2.21. The molecule has 1 fully saturated rings. The Morgan fingerprint density at radius 2 is 1.90 bits per heavy atom. The van der Waals surface area contributed by atoms with E-state index in [1.165, 1.54) is 0 Å². The normalized spacial score (nSPS) is 16.7. The van der Waals surface area contributed by atoms with Gasteiger partial charge in [-0.05, 0) is 49.1 Å². The van der Waals surface area contributed by atoms with Gasteiger partial charge in [0.1, 0.15) is 5.58 Å². The molecule has 6 nitrogen and oxygen atoms in total. The van der Waals surface area contributed by atoms with Gasteiger partial charge in [-0.2, -0.15) is 0 Å². The Morgan fingerprint density at radius 3 is 2.66 bits per heavy atom. The Morgan fingerprint density at radius 1 is 1.10 bits per heavy atom. The highest BCUT2D eigenvalue weighted by atomic mass is 16.3. The number of likely N-dealkylation sites (tertiary alicyclic amines) is 1. The summed E-state index contributed by atoms with van der Waals surface area (Å²) in [5, 5.41) is 3.72. The van der Waals surface area contributed by atoms with Gasteiger partial charge in [0.25, 0.3) is 5.91 Å². The summed E-state index contributed by atoms with van der Waals surface area (Å²) >= 11 is 0. The molecule has 3 aromatic rings. The van der Waals surface area contributed by atoms with E-state index in [1.807, 2.05) is 41.3 Å². The van der Waals surface area contributed by atoms with Gasteiger partial charge < -0.3 is 20.4 Å². The molecule has 2 amide bonds. The van der Waals surface area contributed by atoms with Crippen LogP contribution in [0.2, 0.25) is 0 Å². The van der Waals surface area contributed by atoms with Crippen molar-refractivity contribution in [3.63, 3.8) is 0 Å². The molecule has 2 aromatic carbocycles. The Hall–Kier alpha value is -3.12. The number of rotatable bonds is 5. The molecule has 1 unspecified atom stereocenters. The summed E-state index contributed by atoms with van der Waals surface area (Å²) in [6.45, 7) is 1.30. The third-order valence-electron chi connectivity index (χ3n) is 5.44. The first-order chi connectivity index (χ1) is 14.1. The minimum atomic E-state index is -0.302. The van der Waals surface area contributed by atoms with Crippen molar-refractivity contribution < 1.29 is 14.0 Å². The number of carbonyl (C=O) groups excluding carboxylic acids is 2. The summed E-state index contributed by atoms with van der Waals surface area (Å²) in [7, 11) is 0. The lowest BCUT2D eigenvalue weighted by molar-refractivity contribution is -0.133. The molecular weight excluding hydrogens is 366 g/mol. The van der Waals surface area contributed by atoms with E-state index >= 15 is 0 Å². The topological polar surface area (TPSA) is 88.6 Å². The first-order valence-corrected chi connectivity index (χ1v) is 10.0. The Kier molecular flexibility index (Phi) is 5.62. The molecule has 0 saturated carbocycles. The minimum Gasteiger partial charge on any atom is -0.451 e. The van der Waals surface area contributed by atoms with Gasteiger partial charge in [0.15, 0.2) is 5.76 Å². The summed E-state index contributed by atoms with van der Waals surface area (Å²) in [5.41, 5.74) is 8.07. The van der Waals surface area contributed by atoms with Crippen LogP contribution in [0.5, 0.6) is 0 Å². The number of fused-ring (bicyclic) bond motifs is 1. The van der Waals surface area contributed by atoms with Crippen LogP contribution in [0.15, 0.2) is 59.0 Å². The van der Waals surface area contributed by atoms with Gasteiger partial charge >= 0.3 is 0 Å². The number of amides is 2. The number of nitrogens with one attached hydrogen (secondary N) is 1. The van der Waals surface area contributed by atoms with Crippen molar-refractivity contribution in [1.29, 1.82) is 0 Å². The second-order valence-electron chi connectivity index (χ2n) is 7.45. The quantitative estimate of drug-likeness (QED) is 0.696. The summed E-state index contributed by atoms with van der Waals surface area (Å²) in [6, 6.07) is 16.7. The summed E-state index contributed by atoms with van der Waals surface area (Å²) in [5.74, 6) is 0.0757. The average molecular weight is 391 g/mol. The summed E-state index contributed by atoms with van der Waals surface area (Å²) < 4.78 is 5.59. The van der Waals surface area contributed by atoms with Gasteiger partial charge in [-0.25, -0.2) is 0 Å². The van der Waals surface area contributed by atoms with Gasteiger partial charge in [-0.15, -0.1) is 0 Å². The predicted octanol–water partition coefficient (Wildman–Crippen LogP) is 3.57. The van der Waals surface area contributed by atoms with Gasteiger partial charge in [-0.1, -0.05) is 30.3 Å². The van der Waals surface area contributed by atoms with Crippen molar-refractivity contribution in [3.05, 3.63) is 65.9 Å². The van der Waals surface area contributed by atoms with Crippen LogP contribution < -0.4 is 11.1 Å². The van der Waals surface area contributed by atoms with Crippen LogP contribution in [0.3, 0.4) is 0 Å². The number of hydrogen-bond acceptors (Lipinski definition) is 4. The van der Waals surface area contributed by atoms with Crippen molar-refractivity contribution in [2.24, 2.45) is 5.73 Å². The second kappa shape index (κ2) is 8.49. The highest BCUT2D eigenvalue weighted by molar-refractivity contribution is 6.04. The fourth-order valence-corrected chi connectivity index (χ4v) is 3.84. The molecule has 1 aliphatic rings. The molecule has 1 saturated heterocycles. The molecule has 1 atom stereocenters. The zero-order valence-corrected chi connectivity index (χ0v) is 16.3. The maximum atomic E-state index is 12.7. The van der Waals surface area contributed by atoms with Gasteiger partial charge in [0.2, 0.25) is 5.91 Å². The van der Waals surface area contributed by atoms with E-state index in [1.54, 1.807) is 18.2 Å². The van der Waals surface area contributed by atoms with Gasteiger partial charge in [0, 0.05) is 30.2 Å². The standard InChI is InChI=1S/C23H25N3O3/c24-15-19-6-3-4-12-26(19)22(27)13-16-8-10-18(11-9-16)25-23(28)21-14-17-5-1-2-7-20(17)29-21/h1-2,5,7-11,14,19H,3-4,6,12-13,15,24H2,(H,25,28). The van der Waals surface area contributed by atoms with Crippen LogP contribution >= 0.6 is 0 Å². The van der Waals surface area contributed by atoms with E-state index < -0.39 is 0 Å². The van der Waals surface area contributed by atoms with Crippen LogP contribution in [0.4, 0.5) is 5.69 Å². The van der Waals surface area contributed by atoms with E-state index in [4.69, 9.17) is 10.2 Å². The molecule has 150 valence electrons. The van der Waals surface area contributed by atoms with Crippen LogP contribution in [0, 0.1) is 0 Å². The second-order valence-corrected chi connectivity index (χ2v) is 7.45. The predicted molar refractivity (Wildman–Crippen MR) is 113 cm³/mol.